The molecule has 5 nitrogen and oxygen atoms in total. The number of rotatable bonds is 5. The highest BCUT2D eigenvalue weighted by atomic mass is 19.4. The Morgan fingerprint density at radius 3 is 2.30 bits per heavy atom. The molecular weight excluding hydrogens is 361 g/mol. The van der Waals surface area contributed by atoms with E-state index in [1.54, 1.807) is 29.2 Å². The summed E-state index contributed by atoms with van der Waals surface area (Å²) in [6.45, 7) is 1.26. The van der Waals surface area contributed by atoms with Gasteiger partial charge >= 0.3 is 6.36 Å². The van der Waals surface area contributed by atoms with Gasteiger partial charge in [-0.25, -0.2) is 0 Å². The Morgan fingerprint density at radius 2 is 1.74 bits per heavy atom. The average Bonchev–Trinajstić information content (AvgIpc) is 3.01. The fourth-order valence-electron chi connectivity index (χ4n) is 2.80. The maximum atomic E-state index is 12.2. The molecule has 2 aromatic rings. The van der Waals surface area contributed by atoms with E-state index < -0.39 is 6.36 Å². The molecule has 2 aromatic carbocycles. The fraction of sp³-hybridized carbons (Fsp3) is 0.263. The zero-order valence-electron chi connectivity index (χ0n) is 14.3. The zero-order chi connectivity index (χ0) is 19.4. The number of halogens is 3. The number of carbonyl (C=O) groups excluding carboxylic acids is 2. The lowest BCUT2D eigenvalue weighted by Gasteiger charge is -2.15. The van der Waals surface area contributed by atoms with E-state index in [4.69, 9.17) is 0 Å². The summed E-state index contributed by atoms with van der Waals surface area (Å²) in [7, 11) is 0. The Bertz CT molecular complexity index is 818. The van der Waals surface area contributed by atoms with E-state index in [0.29, 0.717) is 24.2 Å². The van der Waals surface area contributed by atoms with Crippen molar-refractivity contribution in [2.24, 2.45) is 0 Å². The van der Waals surface area contributed by atoms with E-state index >= 15 is 0 Å². The summed E-state index contributed by atoms with van der Waals surface area (Å²) < 4.78 is 40.2. The summed E-state index contributed by atoms with van der Waals surface area (Å²) in [6, 6.07) is 11.7. The van der Waals surface area contributed by atoms with Gasteiger partial charge in [-0.2, -0.15) is 0 Å². The molecule has 0 saturated carbocycles. The number of likely N-dealkylation sites (tertiary alicyclic amines) is 1. The average molecular weight is 378 g/mol. The summed E-state index contributed by atoms with van der Waals surface area (Å²) in [5.41, 5.74) is 1.68. The van der Waals surface area contributed by atoms with Gasteiger partial charge in [0.1, 0.15) is 5.75 Å². The van der Waals surface area contributed by atoms with Crippen LogP contribution in [-0.2, 0) is 11.3 Å². The first kappa shape index (κ1) is 18.8. The van der Waals surface area contributed by atoms with E-state index in [-0.39, 0.29) is 17.6 Å². The molecule has 0 radical (unpaired) electrons. The van der Waals surface area contributed by atoms with Crippen molar-refractivity contribution in [3.05, 3.63) is 59.7 Å². The second-order valence-corrected chi connectivity index (χ2v) is 6.14. The number of nitrogens with zero attached hydrogens (tertiary/aromatic N) is 1. The molecule has 8 heteroatoms. The van der Waals surface area contributed by atoms with Crippen LogP contribution < -0.4 is 10.1 Å². The summed E-state index contributed by atoms with van der Waals surface area (Å²) in [6.07, 6.45) is -3.31. The highest BCUT2D eigenvalue weighted by Gasteiger charge is 2.31. The van der Waals surface area contributed by atoms with Crippen molar-refractivity contribution in [3.63, 3.8) is 0 Å². The third kappa shape index (κ3) is 5.22. The maximum absolute atomic E-state index is 12.2. The molecule has 1 heterocycles. The highest BCUT2D eigenvalue weighted by Crippen LogP contribution is 2.24. The normalized spacial score (nSPS) is 14.3. The van der Waals surface area contributed by atoms with Gasteiger partial charge in [-0.1, -0.05) is 12.1 Å². The predicted octanol–water partition coefficient (Wildman–Crippen LogP) is 3.96. The number of carbonyl (C=O) groups is 2. The molecule has 0 aromatic heterocycles. The van der Waals surface area contributed by atoms with Crippen LogP contribution in [0.25, 0.3) is 0 Å². The lowest BCUT2D eigenvalue weighted by atomic mass is 10.1. The van der Waals surface area contributed by atoms with Crippen molar-refractivity contribution in [1.29, 1.82) is 0 Å². The van der Waals surface area contributed by atoms with Crippen LogP contribution in [0.1, 0.15) is 28.8 Å². The molecule has 3 rings (SSSR count). The number of hydrogen-bond donors (Lipinski definition) is 1. The molecule has 0 bridgehead atoms. The number of amides is 2. The third-order valence-corrected chi connectivity index (χ3v) is 4.11. The van der Waals surface area contributed by atoms with Crippen LogP contribution in [0.2, 0.25) is 0 Å². The Morgan fingerprint density at radius 1 is 1.07 bits per heavy atom. The monoisotopic (exact) mass is 378 g/mol. The van der Waals surface area contributed by atoms with Crippen LogP contribution in [0, 0.1) is 0 Å². The molecule has 0 aliphatic carbocycles. The smallest absolute Gasteiger partial charge is 0.406 e. The predicted molar refractivity (Wildman–Crippen MR) is 92.2 cm³/mol. The quantitative estimate of drug-likeness (QED) is 0.857. The number of alkyl halides is 3. The molecule has 0 unspecified atom stereocenters. The van der Waals surface area contributed by atoms with Crippen LogP contribution in [0.3, 0.4) is 0 Å². The second kappa shape index (κ2) is 7.69. The van der Waals surface area contributed by atoms with Crippen molar-refractivity contribution >= 4 is 17.5 Å². The molecule has 142 valence electrons. The van der Waals surface area contributed by atoms with Crippen molar-refractivity contribution in [3.8, 4) is 5.75 Å². The summed E-state index contributed by atoms with van der Waals surface area (Å²) in [4.78, 5) is 25.7. The van der Waals surface area contributed by atoms with E-state index in [9.17, 15) is 22.8 Å². The highest BCUT2D eigenvalue weighted by molar-refractivity contribution is 6.04. The largest absolute Gasteiger partial charge is 0.573 e. The van der Waals surface area contributed by atoms with Gasteiger partial charge in [-0.3, -0.25) is 9.59 Å². The molecule has 1 aliphatic rings. The van der Waals surface area contributed by atoms with Gasteiger partial charge < -0.3 is 15.0 Å². The Hall–Kier alpha value is -3.03. The molecular formula is C19H17F3N2O3. The molecule has 1 saturated heterocycles. The van der Waals surface area contributed by atoms with E-state index in [0.717, 1.165) is 30.7 Å². The van der Waals surface area contributed by atoms with Gasteiger partial charge in [0.15, 0.2) is 0 Å². The van der Waals surface area contributed by atoms with Gasteiger partial charge in [0.25, 0.3) is 5.91 Å². The standard InChI is InChI=1S/C19H17F3N2O3/c20-19(21,22)27-16-9-7-15(8-10-16)23-18(26)14-5-3-13(4-6-14)12-24-11-1-2-17(24)25/h3-10H,1-2,11-12H2,(H,23,26). The lowest BCUT2D eigenvalue weighted by molar-refractivity contribution is -0.274. The molecule has 0 spiro atoms. The molecule has 27 heavy (non-hydrogen) atoms. The zero-order valence-corrected chi connectivity index (χ0v) is 14.3. The third-order valence-electron chi connectivity index (χ3n) is 4.11. The number of benzene rings is 2. The van der Waals surface area contributed by atoms with E-state index in [1.165, 1.54) is 12.1 Å². The first-order valence-electron chi connectivity index (χ1n) is 8.34. The maximum Gasteiger partial charge on any atom is 0.573 e. The first-order chi connectivity index (χ1) is 12.8. The Balaban J connectivity index is 1.58. The molecule has 1 fully saturated rings. The minimum absolute atomic E-state index is 0.134. The van der Waals surface area contributed by atoms with E-state index in [1.807, 2.05) is 0 Å². The van der Waals surface area contributed by atoms with Crippen molar-refractivity contribution in [2.75, 3.05) is 11.9 Å². The van der Waals surface area contributed by atoms with Crippen molar-refractivity contribution < 1.29 is 27.5 Å². The number of nitrogens with one attached hydrogen (secondary N) is 1. The van der Waals surface area contributed by atoms with Gasteiger partial charge in [0.2, 0.25) is 5.91 Å². The van der Waals surface area contributed by atoms with E-state index in [2.05, 4.69) is 10.1 Å². The lowest BCUT2D eigenvalue weighted by Crippen LogP contribution is -2.23. The van der Waals surface area contributed by atoms with Crippen LogP contribution in [0.15, 0.2) is 48.5 Å². The molecule has 1 aliphatic heterocycles. The number of hydrogen-bond acceptors (Lipinski definition) is 3. The van der Waals surface area contributed by atoms with Gasteiger partial charge in [-0.15, -0.1) is 13.2 Å². The molecule has 2 amide bonds. The topological polar surface area (TPSA) is 58.6 Å². The summed E-state index contributed by atoms with van der Waals surface area (Å²) in [5, 5.41) is 2.61. The van der Waals surface area contributed by atoms with Crippen molar-refractivity contribution in [1.82, 2.24) is 4.90 Å². The molecule has 1 N–H and O–H groups in total. The number of ether oxygens (including phenoxy) is 1. The summed E-state index contributed by atoms with van der Waals surface area (Å²) in [5.74, 6) is -0.612. The number of anilines is 1. The van der Waals surface area contributed by atoms with Crippen molar-refractivity contribution in [2.45, 2.75) is 25.7 Å². The Kier molecular flexibility index (Phi) is 5.34. The fourth-order valence-corrected chi connectivity index (χ4v) is 2.80. The first-order valence-corrected chi connectivity index (χ1v) is 8.34. The van der Waals surface area contributed by atoms with Crippen LogP contribution in [0.4, 0.5) is 18.9 Å². The minimum atomic E-state index is -4.76. The van der Waals surface area contributed by atoms with Crippen LogP contribution in [-0.4, -0.2) is 29.6 Å². The second-order valence-electron chi connectivity index (χ2n) is 6.14. The van der Waals surface area contributed by atoms with Crippen LogP contribution in [0.5, 0.6) is 5.75 Å². The molecule has 0 atom stereocenters. The SMILES string of the molecule is O=C(Nc1ccc(OC(F)(F)F)cc1)c1ccc(CN2CCCC2=O)cc1. The summed E-state index contributed by atoms with van der Waals surface area (Å²) >= 11 is 0. The van der Waals surface area contributed by atoms with Gasteiger partial charge in [0.05, 0.1) is 0 Å². The minimum Gasteiger partial charge on any atom is -0.406 e. The van der Waals surface area contributed by atoms with Crippen LogP contribution >= 0.6 is 0 Å². The van der Waals surface area contributed by atoms with Gasteiger partial charge in [0, 0.05) is 30.8 Å². The Labute approximate surface area is 153 Å². The van der Waals surface area contributed by atoms with Gasteiger partial charge in [-0.05, 0) is 48.4 Å².